The van der Waals surface area contributed by atoms with Gasteiger partial charge in [-0.3, -0.25) is 9.59 Å². The van der Waals surface area contributed by atoms with Crippen LogP contribution in [-0.4, -0.2) is 65.5 Å². The van der Waals surface area contributed by atoms with E-state index in [1.807, 2.05) is 28.8 Å². The fraction of sp³-hybridized carbons (Fsp3) is 0.500. The Hall–Kier alpha value is -2.87. The van der Waals surface area contributed by atoms with Crippen LogP contribution in [0, 0.1) is 5.92 Å². The molecule has 3 heterocycles. The third-order valence-corrected chi connectivity index (χ3v) is 5.99. The number of nitrogens with zero attached hydrogens (tertiary/aromatic N) is 4. The van der Waals surface area contributed by atoms with Crippen molar-refractivity contribution in [1.82, 2.24) is 19.4 Å². The quantitative estimate of drug-likeness (QED) is 0.769. The van der Waals surface area contributed by atoms with Gasteiger partial charge in [0.15, 0.2) is 5.69 Å². The summed E-state index contributed by atoms with van der Waals surface area (Å²) in [5.41, 5.74) is 2.34. The van der Waals surface area contributed by atoms with Crippen LogP contribution in [-0.2, 0) is 22.7 Å². The fourth-order valence-electron chi connectivity index (χ4n) is 4.17. The Morgan fingerprint density at radius 1 is 1.17 bits per heavy atom. The number of carbonyl (C=O) groups is 2. The van der Waals surface area contributed by atoms with Crippen molar-refractivity contribution in [3.05, 3.63) is 47.5 Å². The van der Waals surface area contributed by atoms with E-state index < -0.39 is 0 Å². The van der Waals surface area contributed by atoms with E-state index >= 15 is 0 Å². The van der Waals surface area contributed by atoms with E-state index in [0.717, 1.165) is 17.0 Å². The number of fused-ring (bicyclic) bond motifs is 1. The molecule has 1 aromatic heterocycles. The van der Waals surface area contributed by atoms with E-state index in [2.05, 4.69) is 4.98 Å². The standard InChI is InChI=1S/C22H28N4O4/c1-24(2)21(27)16-8-10-25(11-9-16)22(28)20-18-13-30-19(12-26(18)14-23-20)15-4-6-17(29-3)7-5-15/h4-7,14,16,19H,8-13H2,1-3H3. The van der Waals surface area contributed by atoms with E-state index in [1.165, 1.54) is 0 Å². The van der Waals surface area contributed by atoms with Crippen molar-refractivity contribution in [2.75, 3.05) is 34.3 Å². The van der Waals surface area contributed by atoms with Crippen molar-refractivity contribution in [3.8, 4) is 5.75 Å². The lowest BCUT2D eigenvalue weighted by Crippen LogP contribution is -2.43. The minimum atomic E-state index is -0.0895. The van der Waals surface area contributed by atoms with Gasteiger partial charge in [-0.2, -0.15) is 0 Å². The average Bonchev–Trinajstić information content (AvgIpc) is 3.21. The number of likely N-dealkylation sites (tertiary alicyclic amines) is 1. The number of hydrogen-bond acceptors (Lipinski definition) is 5. The SMILES string of the molecule is COc1ccc(C2Cn3cnc(C(=O)N4CCC(C(=O)N(C)C)CC4)c3CO2)cc1. The van der Waals surface area contributed by atoms with Gasteiger partial charge in [0.05, 0.1) is 32.3 Å². The average molecular weight is 412 g/mol. The van der Waals surface area contributed by atoms with Crippen LogP contribution in [0.25, 0.3) is 0 Å². The van der Waals surface area contributed by atoms with Gasteiger partial charge in [-0.15, -0.1) is 0 Å². The molecule has 0 saturated carbocycles. The smallest absolute Gasteiger partial charge is 0.274 e. The first kappa shape index (κ1) is 20.4. The van der Waals surface area contributed by atoms with Crippen molar-refractivity contribution in [1.29, 1.82) is 0 Å². The highest BCUT2D eigenvalue weighted by Gasteiger charge is 2.32. The molecule has 1 aromatic carbocycles. The van der Waals surface area contributed by atoms with Gasteiger partial charge in [-0.05, 0) is 30.5 Å². The molecule has 30 heavy (non-hydrogen) atoms. The molecular formula is C22H28N4O4. The molecule has 0 aliphatic carbocycles. The summed E-state index contributed by atoms with van der Waals surface area (Å²) >= 11 is 0. The third-order valence-electron chi connectivity index (χ3n) is 5.99. The summed E-state index contributed by atoms with van der Waals surface area (Å²) in [4.78, 5) is 33.1. The summed E-state index contributed by atoms with van der Waals surface area (Å²) in [6.07, 6.45) is 3.02. The molecule has 8 heteroatoms. The zero-order valence-electron chi connectivity index (χ0n) is 17.7. The van der Waals surface area contributed by atoms with Crippen molar-refractivity contribution >= 4 is 11.8 Å². The number of carbonyl (C=O) groups excluding carboxylic acids is 2. The first-order valence-corrected chi connectivity index (χ1v) is 10.3. The maximum absolute atomic E-state index is 13.1. The van der Waals surface area contributed by atoms with Gasteiger partial charge in [-0.1, -0.05) is 12.1 Å². The van der Waals surface area contributed by atoms with Crippen molar-refractivity contribution in [2.24, 2.45) is 5.92 Å². The number of piperidine rings is 1. The van der Waals surface area contributed by atoms with Crippen molar-refractivity contribution in [2.45, 2.75) is 32.1 Å². The second-order valence-corrected chi connectivity index (χ2v) is 8.06. The molecule has 1 saturated heterocycles. The Balaban J connectivity index is 1.41. The zero-order valence-corrected chi connectivity index (χ0v) is 17.7. The number of ether oxygens (including phenoxy) is 2. The predicted molar refractivity (Wildman–Crippen MR) is 110 cm³/mol. The Bertz CT molecular complexity index is 914. The number of hydrogen-bond donors (Lipinski definition) is 0. The zero-order chi connectivity index (χ0) is 21.3. The van der Waals surface area contributed by atoms with Crippen LogP contribution in [0.15, 0.2) is 30.6 Å². The lowest BCUT2D eigenvalue weighted by atomic mass is 9.95. The van der Waals surface area contributed by atoms with Gasteiger partial charge in [-0.25, -0.2) is 4.98 Å². The van der Waals surface area contributed by atoms with Crippen molar-refractivity contribution in [3.63, 3.8) is 0 Å². The minimum Gasteiger partial charge on any atom is -0.497 e. The van der Waals surface area contributed by atoms with E-state index in [1.54, 1.807) is 37.3 Å². The molecule has 2 aliphatic rings. The van der Waals surface area contributed by atoms with Crippen LogP contribution in [0.3, 0.4) is 0 Å². The Kier molecular flexibility index (Phi) is 5.76. The van der Waals surface area contributed by atoms with Crippen molar-refractivity contribution < 1.29 is 19.1 Å². The lowest BCUT2D eigenvalue weighted by Gasteiger charge is -2.32. The largest absolute Gasteiger partial charge is 0.497 e. The molecule has 8 nitrogen and oxygen atoms in total. The van der Waals surface area contributed by atoms with Gasteiger partial charge in [0, 0.05) is 33.1 Å². The molecule has 0 radical (unpaired) electrons. The molecule has 160 valence electrons. The molecule has 0 spiro atoms. The molecule has 2 amide bonds. The first-order chi connectivity index (χ1) is 14.5. The van der Waals surface area contributed by atoms with E-state index in [9.17, 15) is 9.59 Å². The fourth-order valence-corrected chi connectivity index (χ4v) is 4.17. The molecule has 4 rings (SSSR count). The molecule has 1 unspecified atom stereocenters. The van der Waals surface area contributed by atoms with E-state index in [4.69, 9.17) is 9.47 Å². The summed E-state index contributed by atoms with van der Waals surface area (Å²) in [6.45, 7) is 2.10. The third kappa shape index (κ3) is 3.92. The Morgan fingerprint density at radius 3 is 2.50 bits per heavy atom. The van der Waals surface area contributed by atoms with Gasteiger partial charge in [0.2, 0.25) is 5.91 Å². The number of aromatic nitrogens is 2. The van der Waals surface area contributed by atoms with Crippen LogP contribution < -0.4 is 4.74 Å². The molecule has 0 bridgehead atoms. The molecule has 1 fully saturated rings. The summed E-state index contributed by atoms with van der Waals surface area (Å²) in [5, 5.41) is 0. The van der Waals surface area contributed by atoms with E-state index in [-0.39, 0.29) is 23.8 Å². The minimum absolute atomic E-state index is 0.00597. The molecule has 1 atom stereocenters. The number of rotatable bonds is 4. The number of amides is 2. The highest BCUT2D eigenvalue weighted by Crippen LogP contribution is 2.30. The number of benzene rings is 1. The summed E-state index contributed by atoms with van der Waals surface area (Å²) in [5.74, 6) is 0.862. The van der Waals surface area contributed by atoms with Crippen LogP contribution in [0.1, 0.15) is 40.7 Å². The Labute approximate surface area is 176 Å². The number of methoxy groups -OCH3 is 1. The van der Waals surface area contributed by atoms with Crippen LogP contribution >= 0.6 is 0 Å². The van der Waals surface area contributed by atoms with Crippen LogP contribution in [0.4, 0.5) is 0 Å². The second kappa shape index (κ2) is 8.47. The monoisotopic (exact) mass is 412 g/mol. The summed E-state index contributed by atoms with van der Waals surface area (Å²) in [6, 6.07) is 7.83. The topological polar surface area (TPSA) is 76.9 Å². The van der Waals surface area contributed by atoms with Crippen LogP contribution in [0.2, 0.25) is 0 Å². The second-order valence-electron chi connectivity index (χ2n) is 8.06. The number of imidazole rings is 1. The predicted octanol–water partition coefficient (Wildman–Crippen LogP) is 2.10. The van der Waals surface area contributed by atoms with Gasteiger partial charge < -0.3 is 23.8 Å². The molecule has 0 N–H and O–H groups in total. The van der Waals surface area contributed by atoms with Gasteiger partial charge in [0.1, 0.15) is 11.9 Å². The van der Waals surface area contributed by atoms with Crippen LogP contribution in [0.5, 0.6) is 5.75 Å². The highest BCUT2D eigenvalue weighted by atomic mass is 16.5. The van der Waals surface area contributed by atoms with Gasteiger partial charge >= 0.3 is 0 Å². The summed E-state index contributed by atoms with van der Waals surface area (Å²) in [7, 11) is 5.19. The lowest BCUT2D eigenvalue weighted by molar-refractivity contribution is -0.134. The maximum atomic E-state index is 13.1. The van der Waals surface area contributed by atoms with Gasteiger partial charge in [0.25, 0.3) is 5.91 Å². The molecule has 2 aromatic rings. The highest BCUT2D eigenvalue weighted by molar-refractivity contribution is 5.93. The first-order valence-electron chi connectivity index (χ1n) is 10.3. The normalized spacial score (nSPS) is 19.3. The molecule has 2 aliphatic heterocycles. The maximum Gasteiger partial charge on any atom is 0.274 e. The van der Waals surface area contributed by atoms with E-state index in [0.29, 0.717) is 44.8 Å². The molecular weight excluding hydrogens is 384 g/mol. The Morgan fingerprint density at radius 2 is 1.87 bits per heavy atom. The summed E-state index contributed by atoms with van der Waals surface area (Å²) < 4.78 is 13.3.